The number of nitrogens with two attached hydrogens (primary N) is 1. The number of carboxylic acids is 2. The van der Waals surface area contributed by atoms with Crippen LogP contribution >= 0.6 is 12.6 Å². The van der Waals surface area contributed by atoms with E-state index >= 15 is 0 Å². The molecule has 2 heterocycles. The number of phenolic OH excluding ortho intramolecular Hbond substituents is 1. The van der Waals surface area contributed by atoms with Crippen LogP contribution in [0.3, 0.4) is 0 Å². The van der Waals surface area contributed by atoms with E-state index in [-0.39, 0.29) is 31.6 Å². The van der Waals surface area contributed by atoms with Crippen LogP contribution in [0.1, 0.15) is 31.2 Å². The second-order valence-corrected chi connectivity index (χ2v) is 14.2. The fourth-order valence-corrected chi connectivity index (χ4v) is 6.65. The molecule has 2 fully saturated rings. The Hall–Kier alpha value is -5.44. The average molecular weight is 872 g/mol. The number of carboxylic acid groups (broad SMARTS) is 2. The van der Waals surface area contributed by atoms with Crippen molar-refractivity contribution in [2.75, 3.05) is 32.1 Å². The van der Waals surface area contributed by atoms with Gasteiger partial charge >= 0.3 is 11.9 Å². The molecular formula is C35H49N7O17S. The molecule has 0 radical (unpaired) electrons. The lowest BCUT2D eigenvalue weighted by atomic mass is 9.87. The van der Waals surface area contributed by atoms with Crippen molar-refractivity contribution in [3.8, 4) is 5.75 Å². The normalized spacial score (nSPS) is 23.2. The van der Waals surface area contributed by atoms with Crippen LogP contribution in [0, 0.1) is 5.92 Å². The van der Waals surface area contributed by atoms with Crippen LogP contribution < -0.4 is 32.3 Å². The van der Waals surface area contributed by atoms with E-state index in [9.17, 15) is 73.8 Å². The number of phenols is 1. The largest absolute Gasteiger partial charge is 0.508 e. The van der Waals surface area contributed by atoms with Crippen molar-refractivity contribution < 1.29 is 83.6 Å². The Labute approximate surface area is 346 Å². The van der Waals surface area contributed by atoms with E-state index in [0.29, 0.717) is 5.56 Å². The number of amides is 6. The highest BCUT2D eigenvalue weighted by Gasteiger charge is 2.48. The molecule has 6 amide bonds. The Morgan fingerprint density at radius 3 is 2.10 bits per heavy atom. The van der Waals surface area contributed by atoms with E-state index < -0.39 is 152 Å². The van der Waals surface area contributed by atoms with Gasteiger partial charge in [-0.05, 0) is 30.5 Å². The van der Waals surface area contributed by atoms with Crippen LogP contribution in [0.15, 0.2) is 24.3 Å². The number of Topliss-reactive ketones (excluding diaryl/α,β-unsaturated/α-hetero) is 1. The predicted octanol–water partition coefficient (Wildman–Crippen LogP) is -6.56. The van der Waals surface area contributed by atoms with Gasteiger partial charge in [0.2, 0.25) is 35.4 Å². The SMILES string of the molecule is N[C@@H](CC(=O)O)C(=O)N[C@@H](CC(=O)N[C@@H]1O[C@H](CO)[C@@H](O)[C@H](O)[C@H]1C(=O)CS)C(=O)N1CCC[C@H]1C(=O)NCC(=O)N[C@@H](Cc1ccc(O)cc1)C(=O)N[C@@H](CO)C(=O)O. The number of nitrogens with one attached hydrogen (secondary N) is 5. The summed E-state index contributed by atoms with van der Waals surface area (Å²) in [5.74, 6) is -12.0. The van der Waals surface area contributed by atoms with Gasteiger partial charge in [0.25, 0.3) is 0 Å². The number of carbonyl (C=O) groups excluding carboxylic acids is 7. The molecule has 0 aromatic heterocycles. The molecule has 0 unspecified atom stereocenters. The zero-order valence-electron chi connectivity index (χ0n) is 31.8. The first-order valence-electron chi connectivity index (χ1n) is 18.4. The Morgan fingerprint density at radius 1 is 0.867 bits per heavy atom. The van der Waals surface area contributed by atoms with Gasteiger partial charge in [-0.2, -0.15) is 12.6 Å². The molecule has 24 nitrogen and oxygen atoms in total. The average Bonchev–Trinajstić information content (AvgIpc) is 3.70. The number of aliphatic hydroxyl groups is 4. The standard InChI is InChI=1S/C35H49N7O17S/c36-17(9-26(49)50)30(53)39-19(10-24(47)41-33-27(22(46)14-60)29(52)28(51)23(13-44)59-33)34(56)42-7-1-2-21(42)32(55)37-11-25(48)38-18(8-15-3-5-16(45)6-4-15)31(54)40-20(12-43)35(57)58/h3-6,17-21,23,27-29,33,43-45,51-52,60H,1-2,7-14,36H2,(H,37,55)(H,38,48)(H,39,53)(H,40,54)(H,41,47)(H,49,50)(H,57,58)/t17-,18-,19-,20-,21-,23+,27+,28+,29+,33+/m0/s1. The summed E-state index contributed by atoms with van der Waals surface area (Å²) in [5, 5.41) is 79.1. The highest BCUT2D eigenvalue weighted by molar-refractivity contribution is 7.81. The summed E-state index contributed by atoms with van der Waals surface area (Å²) in [6.45, 7) is -2.67. The molecule has 1 aromatic rings. The third kappa shape index (κ3) is 13.5. The summed E-state index contributed by atoms with van der Waals surface area (Å²) in [6, 6.07) is -2.49. The minimum atomic E-state index is -1.83. The molecule has 0 bridgehead atoms. The first-order chi connectivity index (χ1) is 28.3. The van der Waals surface area contributed by atoms with Crippen molar-refractivity contribution in [2.24, 2.45) is 11.7 Å². The Kier molecular flexibility index (Phi) is 18.6. The third-order valence-corrected chi connectivity index (χ3v) is 9.89. The number of nitrogens with zero attached hydrogens (tertiary/aromatic N) is 1. The zero-order valence-corrected chi connectivity index (χ0v) is 32.7. The van der Waals surface area contributed by atoms with E-state index in [4.69, 9.17) is 15.6 Å². The molecule has 0 saturated carbocycles. The van der Waals surface area contributed by atoms with Crippen LogP contribution in [0.5, 0.6) is 5.75 Å². The van der Waals surface area contributed by atoms with Gasteiger partial charge in [0.05, 0.1) is 50.7 Å². The van der Waals surface area contributed by atoms with Gasteiger partial charge in [0, 0.05) is 18.7 Å². The molecule has 2 aliphatic heterocycles. The number of hydrogen-bond donors (Lipinski definition) is 14. The third-order valence-electron chi connectivity index (χ3n) is 9.58. The summed E-state index contributed by atoms with van der Waals surface area (Å²) in [5.41, 5.74) is 6.11. The van der Waals surface area contributed by atoms with Crippen LogP contribution in [0.2, 0.25) is 0 Å². The van der Waals surface area contributed by atoms with Crippen molar-refractivity contribution in [3.63, 3.8) is 0 Å². The number of rotatable bonds is 21. The van der Waals surface area contributed by atoms with Gasteiger partial charge in [-0.1, -0.05) is 12.1 Å². The molecule has 2 saturated heterocycles. The van der Waals surface area contributed by atoms with E-state index in [0.717, 1.165) is 4.90 Å². The lowest BCUT2D eigenvalue weighted by molar-refractivity contribution is -0.214. The van der Waals surface area contributed by atoms with E-state index in [1.165, 1.54) is 24.3 Å². The first-order valence-corrected chi connectivity index (χ1v) is 19.1. The highest BCUT2D eigenvalue weighted by Crippen LogP contribution is 2.27. The minimum absolute atomic E-state index is 0.0282. The van der Waals surface area contributed by atoms with Crippen LogP contribution in [-0.2, 0) is 54.3 Å². The molecule has 0 spiro atoms. The van der Waals surface area contributed by atoms with Gasteiger partial charge in [-0.15, -0.1) is 0 Å². The summed E-state index contributed by atoms with van der Waals surface area (Å²) < 4.78 is 5.46. The monoisotopic (exact) mass is 871 g/mol. The van der Waals surface area contributed by atoms with E-state index in [1.54, 1.807) is 0 Å². The van der Waals surface area contributed by atoms with Gasteiger partial charge < -0.3 is 77.7 Å². The Morgan fingerprint density at radius 2 is 1.52 bits per heavy atom. The van der Waals surface area contributed by atoms with Crippen molar-refractivity contribution in [2.45, 2.75) is 86.9 Å². The summed E-state index contributed by atoms with van der Waals surface area (Å²) in [6.07, 6.45) is -8.44. The first kappa shape index (κ1) is 48.9. The van der Waals surface area contributed by atoms with Crippen LogP contribution in [0.25, 0.3) is 0 Å². The summed E-state index contributed by atoms with van der Waals surface area (Å²) in [4.78, 5) is 116. The molecule has 25 heteroatoms. The Balaban J connectivity index is 1.77. The maximum atomic E-state index is 14.0. The fourth-order valence-electron chi connectivity index (χ4n) is 6.44. The number of thiol groups is 1. The maximum absolute atomic E-state index is 14.0. The molecule has 10 atom stereocenters. The summed E-state index contributed by atoms with van der Waals surface area (Å²) in [7, 11) is 0. The van der Waals surface area contributed by atoms with Gasteiger partial charge in [-0.25, -0.2) is 4.79 Å². The number of aliphatic hydroxyl groups excluding tert-OH is 4. The fraction of sp³-hybridized carbons (Fsp3) is 0.571. The van der Waals surface area contributed by atoms with E-state index in [2.05, 4.69) is 39.2 Å². The molecule has 2 aliphatic rings. The number of hydrogen-bond acceptors (Lipinski definition) is 17. The van der Waals surface area contributed by atoms with Crippen LogP contribution in [0.4, 0.5) is 0 Å². The number of ketones is 1. The molecule has 0 aliphatic carbocycles. The second kappa shape index (κ2) is 22.8. The molecule has 3 rings (SSSR count). The maximum Gasteiger partial charge on any atom is 0.328 e. The molecule has 332 valence electrons. The molecular weight excluding hydrogens is 822 g/mol. The quantitative estimate of drug-likeness (QED) is 0.0511. The highest BCUT2D eigenvalue weighted by atomic mass is 32.1. The number of likely N-dealkylation sites (tertiary alicyclic amines) is 1. The van der Waals surface area contributed by atoms with Gasteiger partial charge in [-0.3, -0.25) is 38.4 Å². The van der Waals surface area contributed by atoms with E-state index in [1.807, 2.05) is 0 Å². The van der Waals surface area contributed by atoms with Crippen molar-refractivity contribution in [3.05, 3.63) is 29.8 Å². The summed E-state index contributed by atoms with van der Waals surface area (Å²) >= 11 is 3.89. The van der Waals surface area contributed by atoms with Gasteiger partial charge in [0.1, 0.15) is 48.4 Å². The number of aliphatic carboxylic acids is 2. The Bertz CT molecular complexity index is 1750. The number of benzene rings is 1. The minimum Gasteiger partial charge on any atom is -0.508 e. The van der Waals surface area contributed by atoms with Crippen molar-refractivity contribution >= 4 is 65.8 Å². The number of carbonyl (C=O) groups is 9. The lowest BCUT2D eigenvalue weighted by Gasteiger charge is -2.41. The second-order valence-electron chi connectivity index (χ2n) is 13.9. The van der Waals surface area contributed by atoms with Crippen molar-refractivity contribution in [1.82, 2.24) is 31.5 Å². The predicted molar refractivity (Wildman–Crippen MR) is 203 cm³/mol. The van der Waals surface area contributed by atoms with Crippen molar-refractivity contribution in [1.29, 1.82) is 0 Å². The number of ether oxygens (including phenoxy) is 1. The van der Waals surface area contributed by atoms with Crippen LogP contribution in [-0.4, -0.2) is 181 Å². The lowest BCUT2D eigenvalue weighted by Crippen LogP contribution is -2.63. The molecule has 14 N–H and O–H groups in total. The topological polar surface area (TPSA) is 394 Å². The number of aromatic hydroxyl groups is 1. The van der Waals surface area contributed by atoms with Gasteiger partial charge in [0.15, 0.2) is 5.78 Å². The smallest absolute Gasteiger partial charge is 0.328 e. The zero-order chi connectivity index (χ0) is 44.8. The molecule has 60 heavy (non-hydrogen) atoms. The molecule has 1 aromatic carbocycles.